The quantitative estimate of drug-likeness (QED) is 0.548. The SMILES string of the molecule is Nc1ccc(-c2cn(C3CCC(O)CC3)c3nc(Cl)ncc23)cc1. The first-order valence-corrected chi connectivity index (χ1v) is 8.56. The van der Waals surface area contributed by atoms with Crippen LogP contribution in [0.25, 0.3) is 22.2 Å². The van der Waals surface area contributed by atoms with E-state index in [1.54, 1.807) is 6.20 Å². The van der Waals surface area contributed by atoms with Crippen LogP contribution in [0.2, 0.25) is 5.28 Å². The average Bonchev–Trinajstić information content (AvgIpc) is 2.95. The minimum atomic E-state index is -0.183. The Morgan fingerprint density at radius 3 is 2.54 bits per heavy atom. The third-order valence-corrected chi connectivity index (χ3v) is 5.01. The molecule has 1 aliphatic carbocycles. The van der Waals surface area contributed by atoms with Crippen LogP contribution < -0.4 is 5.73 Å². The van der Waals surface area contributed by atoms with Crippen molar-refractivity contribution in [2.45, 2.75) is 37.8 Å². The summed E-state index contributed by atoms with van der Waals surface area (Å²) >= 11 is 6.04. The Morgan fingerprint density at radius 1 is 1.12 bits per heavy atom. The van der Waals surface area contributed by atoms with Crippen LogP contribution in [0.5, 0.6) is 0 Å². The van der Waals surface area contributed by atoms with Crippen molar-refractivity contribution in [3.8, 4) is 11.1 Å². The van der Waals surface area contributed by atoms with E-state index in [9.17, 15) is 5.11 Å². The average molecular weight is 343 g/mol. The fourth-order valence-corrected chi connectivity index (χ4v) is 3.64. The lowest BCUT2D eigenvalue weighted by Gasteiger charge is -2.27. The number of hydrogen-bond donors (Lipinski definition) is 2. The number of anilines is 1. The Bertz CT molecular complexity index is 867. The molecule has 0 bridgehead atoms. The van der Waals surface area contributed by atoms with Gasteiger partial charge in [0.15, 0.2) is 0 Å². The molecule has 4 rings (SSSR count). The first-order chi connectivity index (χ1) is 11.6. The van der Waals surface area contributed by atoms with Gasteiger partial charge in [-0.2, -0.15) is 4.98 Å². The van der Waals surface area contributed by atoms with E-state index in [1.165, 1.54) is 0 Å². The van der Waals surface area contributed by atoms with Crippen molar-refractivity contribution < 1.29 is 5.11 Å². The van der Waals surface area contributed by atoms with Gasteiger partial charge in [-0.05, 0) is 55.0 Å². The molecule has 0 amide bonds. The van der Waals surface area contributed by atoms with E-state index < -0.39 is 0 Å². The molecule has 6 heteroatoms. The fraction of sp³-hybridized carbons (Fsp3) is 0.333. The lowest BCUT2D eigenvalue weighted by molar-refractivity contribution is 0.111. The molecule has 0 saturated heterocycles. The van der Waals surface area contributed by atoms with Crippen LogP contribution in [-0.2, 0) is 0 Å². The topological polar surface area (TPSA) is 77.0 Å². The molecule has 1 aromatic carbocycles. The number of benzene rings is 1. The first kappa shape index (κ1) is 15.4. The number of halogens is 1. The van der Waals surface area contributed by atoms with Gasteiger partial charge in [-0.1, -0.05) is 12.1 Å². The summed E-state index contributed by atoms with van der Waals surface area (Å²) in [4.78, 5) is 8.62. The minimum absolute atomic E-state index is 0.183. The van der Waals surface area contributed by atoms with Crippen molar-refractivity contribution in [3.05, 3.63) is 41.9 Å². The molecule has 1 fully saturated rings. The Balaban J connectivity index is 1.84. The van der Waals surface area contributed by atoms with Gasteiger partial charge in [0.05, 0.1) is 6.10 Å². The molecule has 2 heterocycles. The largest absolute Gasteiger partial charge is 0.399 e. The first-order valence-electron chi connectivity index (χ1n) is 8.19. The summed E-state index contributed by atoms with van der Waals surface area (Å²) in [7, 11) is 0. The molecule has 24 heavy (non-hydrogen) atoms. The smallest absolute Gasteiger partial charge is 0.224 e. The van der Waals surface area contributed by atoms with Crippen molar-refractivity contribution in [3.63, 3.8) is 0 Å². The van der Waals surface area contributed by atoms with Gasteiger partial charge < -0.3 is 15.4 Å². The fourth-order valence-electron chi connectivity index (χ4n) is 3.52. The molecular formula is C18H19ClN4O. The van der Waals surface area contributed by atoms with Crippen molar-refractivity contribution in [2.75, 3.05) is 5.73 Å². The summed E-state index contributed by atoms with van der Waals surface area (Å²) in [6, 6.07) is 8.13. The zero-order valence-electron chi connectivity index (χ0n) is 13.2. The van der Waals surface area contributed by atoms with Gasteiger partial charge in [-0.25, -0.2) is 4.98 Å². The van der Waals surface area contributed by atoms with Gasteiger partial charge in [0.25, 0.3) is 0 Å². The van der Waals surface area contributed by atoms with Crippen LogP contribution >= 0.6 is 11.6 Å². The second-order valence-corrected chi connectivity index (χ2v) is 6.75. The van der Waals surface area contributed by atoms with E-state index in [2.05, 4.69) is 20.7 Å². The normalized spacial score (nSPS) is 21.2. The highest BCUT2D eigenvalue weighted by atomic mass is 35.5. The molecule has 0 atom stereocenters. The molecule has 0 unspecified atom stereocenters. The van der Waals surface area contributed by atoms with Gasteiger partial charge in [-0.3, -0.25) is 0 Å². The molecular weight excluding hydrogens is 324 g/mol. The summed E-state index contributed by atoms with van der Waals surface area (Å²) in [5, 5.41) is 11.0. The Morgan fingerprint density at radius 2 is 1.83 bits per heavy atom. The molecule has 0 spiro atoms. The number of aromatic nitrogens is 3. The monoisotopic (exact) mass is 342 g/mol. The second kappa shape index (κ2) is 6.07. The van der Waals surface area contributed by atoms with Crippen molar-refractivity contribution >= 4 is 28.3 Å². The van der Waals surface area contributed by atoms with Crippen LogP contribution in [0.1, 0.15) is 31.7 Å². The zero-order chi connectivity index (χ0) is 16.7. The number of fused-ring (bicyclic) bond motifs is 1. The van der Waals surface area contributed by atoms with E-state index >= 15 is 0 Å². The minimum Gasteiger partial charge on any atom is -0.399 e. The third-order valence-electron chi connectivity index (χ3n) is 4.82. The highest BCUT2D eigenvalue weighted by molar-refractivity contribution is 6.28. The molecule has 2 aromatic heterocycles. The molecule has 0 radical (unpaired) electrons. The van der Waals surface area contributed by atoms with Crippen LogP contribution in [0, 0.1) is 0 Å². The number of aliphatic hydroxyl groups is 1. The summed E-state index contributed by atoms with van der Waals surface area (Å²) in [5.41, 5.74) is 9.55. The van der Waals surface area contributed by atoms with Gasteiger partial charge >= 0.3 is 0 Å². The number of hydrogen-bond acceptors (Lipinski definition) is 4. The maximum absolute atomic E-state index is 9.77. The highest BCUT2D eigenvalue weighted by Gasteiger charge is 2.24. The van der Waals surface area contributed by atoms with Crippen LogP contribution in [0.15, 0.2) is 36.7 Å². The zero-order valence-corrected chi connectivity index (χ0v) is 13.9. The lowest BCUT2D eigenvalue weighted by atomic mass is 9.93. The summed E-state index contributed by atoms with van der Waals surface area (Å²) in [5.74, 6) is 0. The van der Waals surface area contributed by atoms with Crippen LogP contribution in [0.4, 0.5) is 5.69 Å². The predicted octanol–water partition coefficient (Wildman–Crippen LogP) is 3.81. The van der Waals surface area contributed by atoms with Crippen LogP contribution in [0.3, 0.4) is 0 Å². The number of nitrogens with zero attached hydrogens (tertiary/aromatic N) is 3. The summed E-state index contributed by atoms with van der Waals surface area (Å²) in [6.45, 7) is 0. The molecule has 3 aromatic rings. The summed E-state index contributed by atoms with van der Waals surface area (Å²) < 4.78 is 2.19. The Hall–Kier alpha value is -2.11. The van der Waals surface area contributed by atoms with Crippen molar-refractivity contribution in [1.29, 1.82) is 0 Å². The Kier molecular flexibility index (Phi) is 3.90. The molecule has 3 N–H and O–H groups in total. The molecule has 1 saturated carbocycles. The van der Waals surface area contributed by atoms with E-state index in [0.29, 0.717) is 6.04 Å². The standard InChI is InChI=1S/C18H19ClN4O/c19-18-21-9-15-16(11-1-3-12(20)4-2-11)10-23(17(15)22-18)13-5-7-14(24)8-6-13/h1-4,9-10,13-14,24H,5-8,20H2. The lowest BCUT2D eigenvalue weighted by Crippen LogP contribution is -2.20. The molecule has 124 valence electrons. The van der Waals surface area contributed by atoms with Crippen LogP contribution in [-0.4, -0.2) is 25.7 Å². The van der Waals surface area contributed by atoms with Crippen molar-refractivity contribution in [2.24, 2.45) is 0 Å². The van der Waals surface area contributed by atoms with Gasteiger partial charge in [0.1, 0.15) is 5.65 Å². The number of aliphatic hydroxyl groups excluding tert-OH is 1. The number of nitrogens with two attached hydrogens (primary N) is 1. The highest BCUT2D eigenvalue weighted by Crippen LogP contribution is 2.36. The maximum atomic E-state index is 9.77. The number of nitrogen functional groups attached to an aromatic ring is 1. The number of rotatable bonds is 2. The third kappa shape index (κ3) is 2.74. The van der Waals surface area contributed by atoms with Gasteiger partial charge in [-0.15, -0.1) is 0 Å². The van der Waals surface area contributed by atoms with E-state index in [0.717, 1.165) is 53.5 Å². The van der Waals surface area contributed by atoms with Gasteiger partial charge in [0, 0.05) is 35.1 Å². The molecule has 5 nitrogen and oxygen atoms in total. The second-order valence-electron chi connectivity index (χ2n) is 6.41. The summed E-state index contributed by atoms with van der Waals surface area (Å²) in [6.07, 6.45) is 7.24. The van der Waals surface area contributed by atoms with Gasteiger partial charge in [0.2, 0.25) is 5.28 Å². The Labute approximate surface area is 145 Å². The molecule has 1 aliphatic rings. The maximum Gasteiger partial charge on any atom is 0.224 e. The molecule has 0 aliphatic heterocycles. The van der Waals surface area contributed by atoms with Crippen molar-refractivity contribution in [1.82, 2.24) is 14.5 Å². The van der Waals surface area contributed by atoms with E-state index in [1.807, 2.05) is 24.3 Å². The van der Waals surface area contributed by atoms with E-state index in [-0.39, 0.29) is 11.4 Å². The predicted molar refractivity (Wildman–Crippen MR) is 95.9 cm³/mol. The van der Waals surface area contributed by atoms with E-state index in [4.69, 9.17) is 17.3 Å².